The van der Waals surface area contributed by atoms with Gasteiger partial charge >= 0.3 is 0 Å². The number of ether oxygens (including phenoxy) is 2. The molecule has 1 aliphatic rings. The van der Waals surface area contributed by atoms with E-state index < -0.39 is 0 Å². The predicted octanol–water partition coefficient (Wildman–Crippen LogP) is 2.41. The van der Waals surface area contributed by atoms with Crippen LogP contribution in [0.1, 0.15) is 20.7 Å². The van der Waals surface area contributed by atoms with E-state index in [1.807, 2.05) is 0 Å². The Kier molecular flexibility index (Phi) is 4.37. The van der Waals surface area contributed by atoms with Gasteiger partial charge in [-0.15, -0.1) is 0 Å². The minimum Gasteiger partial charge on any atom is -0.497 e. The van der Waals surface area contributed by atoms with E-state index in [-0.39, 0.29) is 18.4 Å². The Morgan fingerprint density at radius 2 is 1.62 bits per heavy atom. The zero-order valence-corrected chi connectivity index (χ0v) is 13.5. The standard InChI is InChI=1S/C18H18N2O4/c1-23-12-7-8-16(24-2)15(11-12)19-9-10-20-17(21)13-5-3-4-6-14(13)18(20)22/h3-8,11,19H,9-10H2,1-2H3. The molecule has 2 aromatic carbocycles. The van der Waals surface area contributed by atoms with Gasteiger partial charge in [0.05, 0.1) is 31.0 Å². The molecule has 2 aromatic rings. The summed E-state index contributed by atoms with van der Waals surface area (Å²) in [6.45, 7) is 0.682. The largest absolute Gasteiger partial charge is 0.497 e. The third-order valence-electron chi connectivity index (χ3n) is 3.94. The van der Waals surface area contributed by atoms with Crippen LogP contribution in [0.5, 0.6) is 11.5 Å². The summed E-state index contributed by atoms with van der Waals surface area (Å²) < 4.78 is 10.5. The van der Waals surface area contributed by atoms with E-state index in [2.05, 4.69) is 5.32 Å². The first kappa shape index (κ1) is 15.9. The molecule has 6 nitrogen and oxygen atoms in total. The third kappa shape index (κ3) is 2.78. The molecule has 0 saturated heterocycles. The van der Waals surface area contributed by atoms with Gasteiger partial charge < -0.3 is 14.8 Å². The summed E-state index contributed by atoms with van der Waals surface area (Å²) in [4.78, 5) is 25.9. The zero-order chi connectivity index (χ0) is 17.1. The molecule has 24 heavy (non-hydrogen) atoms. The Labute approximate surface area is 140 Å². The molecular weight excluding hydrogens is 308 g/mol. The number of methoxy groups -OCH3 is 2. The van der Waals surface area contributed by atoms with Crippen molar-refractivity contribution in [2.45, 2.75) is 0 Å². The number of anilines is 1. The molecule has 0 saturated carbocycles. The number of nitrogens with zero attached hydrogens (tertiary/aromatic N) is 1. The van der Waals surface area contributed by atoms with Crippen LogP contribution in [0.2, 0.25) is 0 Å². The fraction of sp³-hybridized carbons (Fsp3) is 0.222. The summed E-state index contributed by atoms with van der Waals surface area (Å²) >= 11 is 0. The minimum absolute atomic E-state index is 0.255. The first-order chi connectivity index (χ1) is 11.7. The molecule has 1 aliphatic heterocycles. The first-order valence-electron chi connectivity index (χ1n) is 7.57. The molecule has 1 N–H and O–H groups in total. The number of hydrogen-bond acceptors (Lipinski definition) is 5. The number of imide groups is 1. The van der Waals surface area contributed by atoms with E-state index in [9.17, 15) is 9.59 Å². The van der Waals surface area contributed by atoms with Crippen molar-refractivity contribution in [2.24, 2.45) is 0 Å². The van der Waals surface area contributed by atoms with Crippen molar-refractivity contribution in [3.8, 4) is 11.5 Å². The monoisotopic (exact) mass is 326 g/mol. The Bertz CT molecular complexity index is 753. The topological polar surface area (TPSA) is 67.9 Å². The van der Waals surface area contributed by atoms with Gasteiger partial charge in [0.1, 0.15) is 11.5 Å². The van der Waals surface area contributed by atoms with Crippen LogP contribution in [0.25, 0.3) is 0 Å². The Morgan fingerprint density at radius 3 is 2.21 bits per heavy atom. The van der Waals surface area contributed by atoms with Gasteiger partial charge in [0.2, 0.25) is 0 Å². The fourth-order valence-electron chi connectivity index (χ4n) is 2.70. The Hall–Kier alpha value is -3.02. The highest BCUT2D eigenvalue weighted by molar-refractivity contribution is 6.21. The number of hydrogen-bond donors (Lipinski definition) is 1. The molecule has 3 rings (SSSR count). The maximum atomic E-state index is 12.3. The normalized spacial score (nSPS) is 13.0. The first-order valence-corrected chi connectivity index (χ1v) is 7.57. The van der Waals surface area contributed by atoms with Crippen LogP contribution in [0.15, 0.2) is 42.5 Å². The lowest BCUT2D eigenvalue weighted by Crippen LogP contribution is -2.34. The van der Waals surface area contributed by atoms with Crippen LogP contribution < -0.4 is 14.8 Å². The highest BCUT2D eigenvalue weighted by Gasteiger charge is 2.34. The average molecular weight is 326 g/mol. The molecule has 1 heterocycles. The van der Waals surface area contributed by atoms with Crippen LogP contribution in [0.4, 0.5) is 5.69 Å². The summed E-state index contributed by atoms with van der Waals surface area (Å²) in [7, 11) is 3.17. The van der Waals surface area contributed by atoms with Gasteiger partial charge in [-0.1, -0.05) is 12.1 Å². The maximum absolute atomic E-state index is 12.3. The van der Waals surface area contributed by atoms with Crippen LogP contribution in [-0.2, 0) is 0 Å². The molecule has 0 unspecified atom stereocenters. The van der Waals surface area contributed by atoms with Gasteiger partial charge in [-0.25, -0.2) is 0 Å². The zero-order valence-electron chi connectivity index (χ0n) is 13.5. The quantitative estimate of drug-likeness (QED) is 0.826. The summed E-state index contributed by atoms with van der Waals surface area (Å²) in [5.41, 5.74) is 1.66. The van der Waals surface area contributed by atoms with E-state index in [1.165, 1.54) is 4.90 Å². The van der Waals surface area contributed by atoms with Gasteiger partial charge in [0.15, 0.2) is 0 Å². The van der Waals surface area contributed by atoms with Crippen LogP contribution in [0, 0.1) is 0 Å². The van der Waals surface area contributed by atoms with Crippen molar-refractivity contribution in [1.82, 2.24) is 4.90 Å². The number of nitrogens with one attached hydrogen (secondary N) is 1. The van der Waals surface area contributed by atoms with E-state index in [4.69, 9.17) is 9.47 Å². The van der Waals surface area contributed by atoms with Crippen LogP contribution >= 0.6 is 0 Å². The molecular formula is C18H18N2O4. The van der Waals surface area contributed by atoms with Gasteiger partial charge in [0.25, 0.3) is 11.8 Å². The Morgan fingerprint density at radius 1 is 0.958 bits per heavy atom. The van der Waals surface area contributed by atoms with E-state index >= 15 is 0 Å². The fourth-order valence-corrected chi connectivity index (χ4v) is 2.70. The molecule has 0 bridgehead atoms. The second kappa shape index (κ2) is 6.62. The lowest BCUT2D eigenvalue weighted by Gasteiger charge is -2.16. The predicted molar refractivity (Wildman–Crippen MR) is 89.8 cm³/mol. The number of amides is 2. The highest BCUT2D eigenvalue weighted by atomic mass is 16.5. The lowest BCUT2D eigenvalue weighted by molar-refractivity contribution is 0.0660. The van der Waals surface area contributed by atoms with Crippen molar-refractivity contribution in [2.75, 3.05) is 32.6 Å². The molecule has 0 atom stereocenters. The lowest BCUT2D eigenvalue weighted by atomic mass is 10.1. The van der Waals surface area contributed by atoms with Crippen molar-refractivity contribution < 1.29 is 19.1 Å². The van der Waals surface area contributed by atoms with Crippen molar-refractivity contribution in [3.05, 3.63) is 53.6 Å². The SMILES string of the molecule is COc1ccc(OC)c(NCCN2C(=O)c3ccccc3C2=O)c1. The van der Waals surface area contributed by atoms with Crippen LogP contribution in [-0.4, -0.2) is 44.0 Å². The number of carbonyl (C=O) groups is 2. The second-order valence-electron chi connectivity index (χ2n) is 5.30. The summed E-state index contributed by atoms with van der Waals surface area (Å²) in [5.74, 6) is 0.849. The van der Waals surface area contributed by atoms with E-state index in [0.717, 1.165) is 5.69 Å². The minimum atomic E-state index is -0.255. The van der Waals surface area contributed by atoms with E-state index in [0.29, 0.717) is 29.2 Å². The molecule has 0 radical (unpaired) electrons. The molecule has 6 heteroatoms. The van der Waals surface area contributed by atoms with Crippen molar-refractivity contribution in [3.63, 3.8) is 0 Å². The summed E-state index contributed by atoms with van der Waals surface area (Å²) in [6, 6.07) is 12.3. The van der Waals surface area contributed by atoms with Crippen molar-refractivity contribution >= 4 is 17.5 Å². The van der Waals surface area contributed by atoms with Crippen molar-refractivity contribution in [1.29, 1.82) is 0 Å². The van der Waals surface area contributed by atoms with Gasteiger partial charge in [-0.05, 0) is 24.3 Å². The molecule has 0 aromatic heterocycles. The maximum Gasteiger partial charge on any atom is 0.261 e. The summed E-state index contributed by atoms with van der Waals surface area (Å²) in [5, 5.41) is 3.18. The Balaban J connectivity index is 1.68. The van der Waals surface area contributed by atoms with E-state index in [1.54, 1.807) is 56.7 Å². The molecule has 124 valence electrons. The third-order valence-corrected chi connectivity index (χ3v) is 3.94. The second-order valence-corrected chi connectivity index (χ2v) is 5.30. The molecule has 0 spiro atoms. The van der Waals surface area contributed by atoms with Gasteiger partial charge in [0, 0.05) is 19.2 Å². The highest BCUT2D eigenvalue weighted by Crippen LogP contribution is 2.29. The summed E-state index contributed by atoms with van der Waals surface area (Å²) in [6.07, 6.45) is 0. The smallest absolute Gasteiger partial charge is 0.261 e. The molecule has 0 fully saturated rings. The number of rotatable bonds is 6. The number of carbonyl (C=O) groups excluding carboxylic acids is 2. The molecule has 0 aliphatic carbocycles. The molecule has 2 amide bonds. The van der Waals surface area contributed by atoms with Gasteiger partial charge in [-0.3, -0.25) is 14.5 Å². The average Bonchev–Trinajstić information content (AvgIpc) is 2.86. The van der Waals surface area contributed by atoms with Gasteiger partial charge in [-0.2, -0.15) is 0 Å². The van der Waals surface area contributed by atoms with Crippen LogP contribution in [0.3, 0.4) is 0 Å². The number of benzene rings is 2. The number of fused-ring (bicyclic) bond motifs is 1.